The molecule has 0 saturated carbocycles. The van der Waals surface area contributed by atoms with E-state index in [0.717, 1.165) is 4.47 Å². The highest BCUT2D eigenvalue weighted by molar-refractivity contribution is 9.10. The third-order valence-electron chi connectivity index (χ3n) is 3.61. The topological polar surface area (TPSA) is 91.5 Å². The van der Waals surface area contributed by atoms with Crippen LogP contribution in [0.25, 0.3) is 0 Å². The number of benzene rings is 2. The lowest BCUT2D eigenvalue weighted by molar-refractivity contribution is -0.119. The largest absolute Gasteiger partial charge is 0.496 e. The smallest absolute Gasteiger partial charge is 0.261 e. The minimum atomic E-state index is -0.393. The SMILES string of the molecule is CCC(=O)NC(=S)Nc1ccc(NC(=S)NC(=O)c2cc(Br)ccc2OC)cc1. The van der Waals surface area contributed by atoms with Gasteiger partial charge in [0.05, 0.1) is 12.7 Å². The maximum atomic E-state index is 12.5. The molecular formula is C19H19BrN4O3S2. The van der Waals surface area contributed by atoms with E-state index in [4.69, 9.17) is 29.2 Å². The Bertz CT molecular complexity index is 936. The highest BCUT2D eigenvalue weighted by Gasteiger charge is 2.14. The molecule has 0 radical (unpaired) electrons. The number of rotatable bonds is 5. The Kier molecular flexibility index (Phi) is 8.50. The van der Waals surface area contributed by atoms with Crippen molar-refractivity contribution in [1.29, 1.82) is 0 Å². The number of thiocarbonyl (C=S) groups is 2. The number of nitrogens with one attached hydrogen (secondary N) is 4. The second-order valence-corrected chi connectivity index (χ2v) is 7.42. The van der Waals surface area contributed by atoms with Crippen LogP contribution in [-0.4, -0.2) is 29.1 Å². The van der Waals surface area contributed by atoms with Crippen molar-refractivity contribution in [2.75, 3.05) is 17.7 Å². The summed E-state index contributed by atoms with van der Waals surface area (Å²) >= 11 is 13.6. The van der Waals surface area contributed by atoms with Crippen molar-refractivity contribution in [1.82, 2.24) is 10.6 Å². The molecule has 10 heteroatoms. The van der Waals surface area contributed by atoms with E-state index in [2.05, 4.69) is 37.2 Å². The average Bonchev–Trinajstić information content (AvgIpc) is 2.69. The second kappa shape index (κ2) is 10.8. The Balaban J connectivity index is 1.94. The van der Waals surface area contributed by atoms with Crippen molar-refractivity contribution in [3.8, 4) is 5.75 Å². The van der Waals surface area contributed by atoms with Gasteiger partial charge < -0.3 is 20.7 Å². The summed E-state index contributed by atoms with van der Waals surface area (Å²) < 4.78 is 5.96. The van der Waals surface area contributed by atoms with E-state index in [9.17, 15) is 9.59 Å². The standard InChI is InChI=1S/C19H19BrN4O3S2/c1-3-16(25)23-18(28)21-12-5-7-13(8-6-12)22-19(29)24-17(26)14-10-11(20)4-9-15(14)27-2/h4-10H,3H2,1-2H3,(H2,21,23,25,28)(H2,22,24,26,29). The molecule has 2 amide bonds. The van der Waals surface area contributed by atoms with Crippen LogP contribution in [0.2, 0.25) is 0 Å². The molecule has 7 nitrogen and oxygen atoms in total. The van der Waals surface area contributed by atoms with Crippen molar-refractivity contribution < 1.29 is 14.3 Å². The molecule has 2 rings (SSSR count). The molecule has 0 unspecified atom stereocenters. The van der Waals surface area contributed by atoms with Crippen LogP contribution in [0, 0.1) is 0 Å². The number of carbonyl (C=O) groups excluding carboxylic acids is 2. The summed E-state index contributed by atoms with van der Waals surface area (Å²) in [6.07, 6.45) is 0.347. The average molecular weight is 495 g/mol. The number of amides is 2. The van der Waals surface area contributed by atoms with E-state index in [0.29, 0.717) is 29.1 Å². The molecule has 0 atom stereocenters. The van der Waals surface area contributed by atoms with Gasteiger partial charge in [0.1, 0.15) is 5.75 Å². The molecule has 29 heavy (non-hydrogen) atoms. The number of hydrogen-bond donors (Lipinski definition) is 4. The fourth-order valence-electron chi connectivity index (χ4n) is 2.20. The van der Waals surface area contributed by atoms with Crippen LogP contribution in [0.4, 0.5) is 11.4 Å². The van der Waals surface area contributed by atoms with Crippen LogP contribution in [0.5, 0.6) is 5.75 Å². The monoisotopic (exact) mass is 494 g/mol. The Morgan fingerprint density at radius 1 is 0.966 bits per heavy atom. The van der Waals surface area contributed by atoms with E-state index in [1.54, 1.807) is 49.4 Å². The van der Waals surface area contributed by atoms with Crippen molar-refractivity contribution in [3.63, 3.8) is 0 Å². The van der Waals surface area contributed by atoms with Crippen molar-refractivity contribution in [3.05, 3.63) is 52.5 Å². The lowest BCUT2D eigenvalue weighted by Crippen LogP contribution is -2.34. The summed E-state index contributed by atoms with van der Waals surface area (Å²) in [7, 11) is 1.49. The summed E-state index contributed by atoms with van der Waals surface area (Å²) in [5.74, 6) is -0.116. The van der Waals surface area contributed by atoms with E-state index in [1.807, 2.05) is 0 Å². The van der Waals surface area contributed by atoms with E-state index in [-0.39, 0.29) is 16.1 Å². The van der Waals surface area contributed by atoms with Gasteiger partial charge in [-0.15, -0.1) is 0 Å². The van der Waals surface area contributed by atoms with Crippen molar-refractivity contribution in [2.24, 2.45) is 0 Å². The Morgan fingerprint density at radius 2 is 1.52 bits per heavy atom. The van der Waals surface area contributed by atoms with Gasteiger partial charge in [0.2, 0.25) is 5.91 Å². The second-order valence-electron chi connectivity index (χ2n) is 5.69. The molecular weight excluding hydrogens is 476 g/mol. The van der Waals surface area contributed by atoms with Gasteiger partial charge in [-0.3, -0.25) is 14.9 Å². The first-order valence-electron chi connectivity index (χ1n) is 8.49. The lowest BCUT2D eigenvalue weighted by Gasteiger charge is -2.13. The van der Waals surface area contributed by atoms with Gasteiger partial charge in [-0.25, -0.2) is 0 Å². The molecule has 2 aromatic carbocycles. The molecule has 0 bridgehead atoms. The van der Waals surface area contributed by atoms with Crippen LogP contribution >= 0.6 is 40.4 Å². The quantitative estimate of drug-likeness (QED) is 0.469. The number of anilines is 2. The van der Waals surface area contributed by atoms with E-state index in [1.165, 1.54) is 7.11 Å². The first-order valence-corrected chi connectivity index (χ1v) is 10.1. The molecule has 0 heterocycles. The predicted molar refractivity (Wildman–Crippen MR) is 125 cm³/mol. The van der Waals surface area contributed by atoms with Crippen LogP contribution in [0.3, 0.4) is 0 Å². The minimum absolute atomic E-state index is 0.142. The maximum absolute atomic E-state index is 12.5. The highest BCUT2D eigenvalue weighted by atomic mass is 79.9. The summed E-state index contributed by atoms with van der Waals surface area (Å²) in [5.41, 5.74) is 1.73. The van der Waals surface area contributed by atoms with Crippen LogP contribution in [-0.2, 0) is 4.79 Å². The van der Waals surface area contributed by atoms with Crippen LogP contribution in [0.15, 0.2) is 46.9 Å². The first kappa shape index (κ1) is 22.7. The Hall–Kier alpha value is -2.56. The van der Waals surface area contributed by atoms with Crippen LogP contribution in [0.1, 0.15) is 23.7 Å². The normalized spacial score (nSPS) is 9.90. The van der Waals surface area contributed by atoms with Gasteiger partial charge in [-0.05, 0) is 66.9 Å². The molecule has 0 aliphatic heterocycles. The number of ether oxygens (including phenoxy) is 1. The van der Waals surface area contributed by atoms with Gasteiger partial charge in [-0.2, -0.15) is 0 Å². The Labute approximate surface area is 187 Å². The molecule has 2 aromatic rings. The predicted octanol–water partition coefficient (Wildman–Crippen LogP) is 3.81. The molecule has 0 fully saturated rings. The highest BCUT2D eigenvalue weighted by Crippen LogP contribution is 2.23. The van der Waals surface area contributed by atoms with E-state index < -0.39 is 5.91 Å². The van der Waals surface area contributed by atoms with Crippen LogP contribution < -0.4 is 26.0 Å². The van der Waals surface area contributed by atoms with Gasteiger partial charge in [0, 0.05) is 22.3 Å². The minimum Gasteiger partial charge on any atom is -0.496 e. The molecule has 0 aliphatic rings. The zero-order valence-corrected chi connectivity index (χ0v) is 18.9. The molecule has 0 aromatic heterocycles. The van der Waals surface area contributed by atoms with Gasteiger partial charge in [0.15, 0.2) is 10.2 Å². The lowest BCUT2D eigenvalue weighted by atomic mass is 10.2. The van der Waals surface area contributed by atoms with Gasteiger partial charge in [0.25, 0.3) is 5.91 Å². The van der Waals surface area contributed by atoms with Crippen molar-refractivity contribution >= 4 is 73.8 Å². The number of hydrogen-bond acceptors (Lipinski definition) is 5. The van der Waals surface area contributed by atoms with Gasteiger partial charge in [-0.1, -0.05) is 22.9 Å². The molecule has 152 valence electrons. The maximum Gasteiger partial charge on any atom is 0.261 e. The Morgan fingerprint density at radius 3 is 2.03 bits per heavy atom. The number of halogens is 1. The third-order valence-corrected chi connectivity index (χ3v) is 4.51. The molecule has 0 saturated heterocycles. The summed E-state index contributed by atoms with van der Waals surface area (Å²) in [6.45, 7) is 1.74. The zero-order valence-electron chi connectivity index (χ0n) is 15.7. The van der Waals surface area contributed by atoms with Crippen molar-refractivity contribution in [2.45, 2.75) is 13.3 Å². The van der Waals surface area contributed by atoms with Gasteiger partial charge >= 0.3 is 0 Å². The summed E-state index contributed by atoms with van der Waals surface area (Å²) in [5, 5.41) is 11.4. The fourth-order valence-corrected chi connectivity index (χ4v) is 3.01. The molecule has 0 spiro atoms. The summed E-state index contributed by atoms with van der Waals surface area (Å²) in [6, 6.07) is 12.1. The molecule has 0 aliphatic carbocycles. The number of methoxy groups -OCH3 is 1. The molecule has 4 N–H and O–H groups in total. The number of carbonyl (C=O) groups is 2. The summed E-state index contributed by atoms with van der Waals surface area (Å²) in [4.78, 5) is 23.8. The van der Waals surface area contributed by atoms with E-state index >= 15 is 0 Å². The third kappa shape index (κ3) is 7.08. The first-order chi connectivity index (χ1) is 13.8. The fraction of sp³-hybridized carbons (Fsp3) is 0.158. The zero-order chi connectivity index (χ0) is 21.4.